The lowest BCUT2D eigenvalue weighted by atomic mass is 10.2. The maximum Gasteiger partial charge on any atom is 0.573 e. The first-order valence-electron chi connectivity index (χ1n) is 8.40. The normalized spacial score (nSPS) is 11.9. The summed E-state index contributed by atoms with van der Waals surface area (Å²) >= 11 is 0. The van der Waals surface area contributed by atoms with Gasteiger partial charge in [0.2, 0.25) is 0 Å². The van der Waals surface area contributed by atoms with Crippen molar-refractivity contribution in [3.8, 4) is 5.75 Å². The van der Waals surface area contributed by atoms with Crippen molar-refractivity contribution in [2.24, 2.45) is 4.99 Å². The minimum atomic E-state index is -4.71. The third kappa shape index (κ3) is 10.0. The van der Waals surface area contributed by atoms with E-state index in [-0.39, 0.29) is 36.3 Å². The summed E-state index contributed by atoms with van der Waals surface area (Å²) in [5, 5.41) is 6.17. The first-order valence-corrected chi connectivity index (χ1v) is 8.40. The van der Waals surface area contributed by atoms with Crippen LogP contribution >= 0.6 is 24.0 Å². The Labute approximate surface area is 170 Å². The molecule has 0 aliphatic carbocycles. The van der Waals surface area contributed by atoms with Crippen LogP contribution in [0.25, 0.3) is 0 Å². The van der Waals surface area contributed by atoms with Crippen molar-refractivity contribution >= 4 is 29.9 Å². The van der Waals surface area contributed by atoms with E-state index in [1.807, 2.05) is 0 Å². The topological polar surface area (TPSA) is 48.9 Å². The van der Waals surface area contributed by atoms with E-state index in [1.165, 1.54) is 12.1 Å². The van der Waals surface area contributed by atoms with Crippen LogP contribution in [0.1, 0.15) is 25.8 Å². The largest absolute Gasteiger partial charge is 0.573 e. The number of aliphatic imine (C=N–C) groups is 1. The molecule has 1 aromatic carbocycles. The third-order valence-electron chi connectivity index (χ3n) is 3.71. The van der Waals surface area contributed by atoms with E-state index in [2.05, 4.69) is 39.1 Å². The molecule has 1 rings (SSSR count). The van der Waals surface area contributed by atoms with Crippen molar-refractivity contribution in [2.75, 3.05) is 33.2 Å². The van der Waals surface area contributed by atoms with Crippen molar-refractivity contribution < 1.29 is 17.9 Å². The van der Waals surface area contributed by atoms with E-state index >= 15 is 0 Å². The SMILES string of the molecule is CCN(CC)CCCNC(=NC)NCc1ccccc1OC(F)(F)F.I. The van der Waals surface area contributed by atoms with Crippen LogP contribution in [0, 0.1) is 0 Å². The molecule has 9 heteroatoms. The molecular weight excluding hydrogens is 460 g/mol. The van der Waals surface area contributed by atoms with E-state index in [0.29, 0.717) is 11.5 Å². The summed E-state index contributed by atoms with van der Waals surface area (Å²) in [4.78, 5) is 6.40. The number of nitrogens with one attached hydrogen (secondary N) is 2. The number of nitrogens with zero attached hydrogens (tertiary/aromatic N) is 2. The standard InChI is InChI=1S/C17H27F3N4O.HI/c1-4-24(5-2)12-8-11-22-16(21-3)23-13-14-9-6-7-10-15(14)25-17(18,19)20;/h6-7,9-10H,4-5,8,11-13H2,1-3H3,(H2,21,22,23);1H. The molecule has 5 nitrogen and oxygen atoms in total. The fourth-order valence-electron chi connectivity index (χ4n) is 2.32. The molecule has 0 radical (unpaired) electrons. The highest BCUT2D eigenvalue weighted by atomic mass is 127. The fourth-order valence-corrected chi connectivity index (χ4v) is 2.32. The van der Waals surface area contributed by atoms with Gasteiger partial charge in [-0.25, -0.2) is 0 Å². The predicted octanol–water partition coefficient (Wildman–Crippen LogP) is 3.60. The monoisotopic (exact) mass is 488 g/mol. The Hall–Kier alpha value is -1.23. The van der Waals surface area contributed by atoms with Gasteiger partial charge >= 0.3 is 6.36 Å². The molecule has 0 saturated heterocycles. The molecule has 0 bridgehead atoms. The molecule has 0 aliphatic heterocycles. The Bertz CT molecular complexity index is 537. The highest BCUT2D eigenvalue weighted by Gasteiger charge is 2.31. The molecule has 2 N–H and O–H groups in total. The summed E-state index contributed by atoms with van der Waals surface area (Å²) in [6.45, 7) is 8.17. The Morgan fingerprint density at radius 1 is 1.15 bits per heavy atom. The van der Waals surface area contributed by atoms with E-state index in [4.69, 9.17) is 0 Å². The van der Waals surface area contributed by atoms with Crippen LogP contribution in [-0.4, -0.2) is 50.4 Å². The second kappa shape index (κ2) is 13.0. The van der Waals surface area contributed by atoms with E-state index in [9.17, 15) is 13.2 Å². The van der Waals surface area contributed by atoms with Crippen LogP contribution < -0.4 is 15.4 Å². The van der Waals surface area contributed by atoms with Crippen LogP contribution in [0.3, 0.4) is 0 Å². The number of halogens is 4. The van der Waals surface area contributed by atoms with Gasteiger partial charge in [-0.1, -0.05) is 32.0 Å². The molecular formula is C17H28F3IN4O. The van der Waals surface area contributed by atoms with Crippen molar-refractivity contribution in [3.05, 3.63) is 29.8 Å². The Kier molecular flexibility index (Phi) is 12.4. The van der Waals surface area contributed by atoms with Gasteiger partial charge in [-0.15, -0.1) is 37.1 Å². The van der Waals surface area contributed by atoms with E-state index in [0.717, 1.165) is 32.6 Å². The van der Waals surface area contributed by atoms with E-state index < -0.39 is 6.36 Å². The van der Waals surface area contributed by atoms with Gasteiger partial charge in [0, 0.05) is 25.7 Å². The lowest BCUT2D eigenvalue weighted by molar-refractivity contribution is -0.274. The van der Waals surface area contributed by atoms with Crippen LogP contribution in [0.2, 0.25) is 0 Å². The van der Waals surface area contributed by atoms with Gasteiger partial charge in [-0.2, -0.15) is 0 Å². The molecule has 26 heavy (non-hydrogen) atoms. The molecule has 0 heterocycles. The van der Waals surface area contributed by atoms with Gasteiger partial charge in [0.1, 0.15) is 5.75 Å². The van der Waals surface area contributed by atoms with Crippen molar-refractivity contribution in [3.63, 3.8) is 0 Å². The highest BCUT2D eigenvalue weighted by molar-refractivity contribution is 14.0. The van der Waals surface area contributed by atoms with Gasteiger partial charge in [-0.3, -0.25) is 4.99 Å². The molecule has 0 atom stereocenters. The maximum absolute atomic E-state index is 12.4. The van der Waals surface area contributed by atoms with Gasteiger partial charge in [-0.05, 0) is 32.1 Å². The Morgan fingerprint density at radius 2 is 1.81 bits per heavy atom. The first-order chi connectivity index (χ1) is 11.9. The van der Waals surface area contributed by atoms with Crippen molar-refractivity contribution in [1.82, 2.24) is 15.5 Å². The first kappa shape index (κ1) is 24.8. The van der Waals surface area contributed by atoms with Crippen LogP contribution in [0.15, 0.2) is 29.3 Å². The zero-order valence-electron chi connectivity index (χ0n) is 15.4. The summed E-state index contributed by atoms with van der Waals surface area (Å²) in [6.07, 6.45) is -3.75. The van der Waals surface area contributed by atoms with Crippen molar-refractivity contribution in [2.45, 2.75) is 33.2 Å². The van der Waals surface area contributed by atoms with E-state index in [1.54, 1.807) is 19.2 Å². The lowest BCUT2D eigenvalue weighted by Crippen LogP contribution is -2.38. The number of alkyl halides is 3. The molecule has 0 aliphatic rings. The zero-order chi connectivity index (χ0) is 18.7. The minimum Gasteiger partial charge on any atom is -0.405 e. The summed E-state index contributed by atoms with van der Waals surface area (Å²) < 4.78 is 41.3. The average molecular weight is 488 g/mol. The fraction of sp³-hybridized carbons (Fsp3) is 0.588. The third-order valence-corrected chi connectivity index (χ3v) is 3.71. The number of hydrogen-bond acceptors (Lipinski definition) is 3. The molecule has 150 valence electrons. The van der Waals surface area contributed by atoms with Gasteiger partial charge in [0.25, 0.3) is 0 Å². The summed E-state index contributed by atoms with van der Waals surface area (Å²) in [6, 6.07) is 6.05. The molecule has 0 spiro atoms. The highest BCUT2D eigenvalue weighted by Crippen LogP contribution is 2.25. The summed E-state index contributed by atoms with van der Waals surface area (Å²) in [5.41, 5.74) is 0.408. The quantitative estimate of drug-likeness (QED) is 0.242. The number of benzene rings is 1. The average Bonchev–Trinajstić information content (AvgIpc) is 2.57. The number of rotatable bonds is 9. The van der Waals surface area contributed by atoms with Gasteiger partial charge in [0.05, 0.1) is 0 Å². The summed E-state index contributed by atoms with van der Waals surface area (Å²) in [7, 11) is 1.62. The molecule has 0 aromatic heterocycles. The smallest absolute Gasteiger partial charge is 0.405 e. The van der Waals surface area contributed by atoms with Crippen molar-refractivity contribution in [1.29, 1.82) is 0 Å². The second-order valence-electron chi connectivity index (χ2n) is 5.39. The number of hydrogen-bond donors (Lipinski definition) is 2. The minimum absolute atomic E-state index is 0. The van der Waals surface area contributed by atoms with Crippen LogP contribution in [0.4, 0.5) is 13.2 Å². The molecule has 1 aromatic rings. The molecule has 0 saturated carbocycles. The second-order valence-corrected chi connectivity index (χ2v) is 5.39. The van der Waals surface area contributed by atoms with Crippen LogP contribution in [0.5, 0.6) is 5.75 Å². The Morgan fingerprint density at radius 3 is 2.38 bits per heavy atom. The molecule has 0 unspecified atom stereocenters. The van der Waals surface area contributed by atoms with Gasteiger partial charge < -0.3 is 20.3 Å². The maximum atomic E-state index is 12.4. The molecule has 0 amide bonds. The summed E-state index contributed by atoms with van der Waals surface area (Å²) in [5.74, 6) is 0.334. The lowest BCUT2D eigenvalue weighted by Gasteiger charge is -2.19. The van der Waals surface area contributed by atoms with Gasteiger partial charge in [0.15, 0.2) is 5.96 Å². The zero-order valence-corrected chi connectivity index (χ0v) is 17.7. The Balaban J connectivity index is 0.00000625. The molecule has 0 fully saturated rings. The number of guanidine groups is 1. The number of ether oxygens (including phenoxy) is 1. The number of para-hydroxylation sites is 1. The van der Waals surface area contributed by atoms with Crippen LogP contribution in [-0.2, 0) is 6.54 Å². The predicted molar refractivity (Wildman–Crippen MR) is 109 cm³/mol.